The maximum absolute atomic E-state index is 12.9. The van der Waals surface area contributed by atoms with Crippen LogP contribution in [-0.4, -0.2) is 53.9 Å². The SMILES string of the molecule is Cc1ccc(C(=O)NC2CCN(C(=O)c3ccc(N4CCCC4)c([N+](=O)[O-])c3)CC2)o1. The minimum absolute atomic E-state index is 0.0244. The van der Waals surface area contributed by atoms with E-state index in [1.165, 1.54) is 6.07 Å². The van der Waals surface area contributed by atoms with Gasteiger partial charge in [0.05, 0.1) is 4.92 Å². The van der Waals surface area contributed by atoms with E-state index in [0.717, 1.165) is 25.9 Å². The first-order valence-electron chi connectivity index (χ1n) is 10.6. The summed E-state index contributed by atoms with van der Waals surface area (Å²) >= 11 is 0. The summed E-state index contributed by atoms with van der Waals surface area (Å²) in [4.78, 5) is 40.1. The second-order valence-corrected chi connectivity index (χ2v) is 8.10. The summed E-state index contributed by atoms with van der Waals surface area (Å²) in [6.45, 7) is 4.32. The number of nitro groups is 1. The number of carbonyl (C=O) groups excluding carboxylic acids is 2. The van der Waals surface area contributed by atoms with Gasteiger partial charge in [-0.25, -0.2) is 0 Å². The van der Waals surface area contributed by atoms with E-state index in [1.54, 1.807) is 36.1 Å². The van der Waals surface area contributed by atoms with Crippen molar-refractivity contribution in [2.45, 2.75) is 38.6 Å². The lowest BCUT2D eigenvalue weighted by molar-refractivity contribution is -0.384. The molecule has 2 fully saturated rings. The number of nitrogens with one attached hydrogen (secondary N) is 1. The molecule has 1 aromatic carbocycles. The Bertz CT molecular complexity index is 988. The topological polar surface area (TPSA) is 109 Å². The zero-order valence-electron chi connectivity index (χ0n) is 17.5. The van der Waals surface area contributed by atoms with E-state index >= 15 is 0 Å². The molecular formula is C22H26N4O5. The number of likely N-dealkylation sites (tertiary alicyclic amines) is 1. The number of nitrogens with zero attached hydrogens (tertiary/aromatic N) is 3. The van der Waals surface area contributed by atoms with Gasteiger partial charge in [0.25, 0.3) is 17.5 Å². The highest BCUT2D eigenvalue weighted by atomic mass is 16.6. The average Bonchev–Trinajstić information content (AvgIpc) is 3.45. The third-order valence-electron chi connectivity index (χ3n) is 5.95. The minimum Gasteiger partial charge on any atom is -0.456 e. The van der Waals surface area contributed by atoms with Crippen molar-refractivity contribution in [2.75, 3.05) is 31.1 Å². The Hall–Kier alpha value is -3.36. The Morgan fingerprint density at radius 1 is 1.10 bits per heavy atom. The van der Waals surface area contributed by atoms with Crippen LogP contribution in [0.4, 0.5) is 11.4 Å². The Morgan fingerprint density at radius 3 is 2.42 bits per heavy atom. The predicted octanol–water partition coefficient (Wildman–Crippen LogP) is 3.13. The zero-order valence-corrected chi connectivity index (χ0v) is 17.5. The summed E-state index contributed by atoms with van der Waals surface area (Å²) in [5.74, 6) is 0.477. The Kier molecular flexibility index (Phi) is 5.92. The minimum atomic E-state index is -0.414. The van der Waals surface area contributed by atoms with E-state index < -0.39 is 4.92 Å². The van der Waals surface area contributed by atoms with E-state index in [9.17, 15) is 19.7 Å². The van der Waals surface area contributed by atoms with Crippen LogP contribution in [0.1, 0.15) is 52.4 Å². The van der Waals surface area contributed by atoms with Crippen molar-refractivity contribution >= 4 is 23.2 Å². The fourth-order valence-electron chi connectivity index (χ4n) is 4.25. The van der Waals surface area contributed by atoms with Gasteiger partial charge in [-0.05, 0) is 56.9 Å². The number of nitro benzene ring substituents is 1. The number of aryl methyl sites for hydroxylation is 1. The second-order valence-electron chi connectivity index (χ2n) is 8.10. The molecule has 2 saturated heterocycles. The van der Waals surface area contributed by atoms with Crippen LogP contribution in [0.2, 0.25) is 0 Å². The number of amides is 2. The highest BCUT2D eigenvalue weighted by Gasteiger charge is 2.28. The van der Waals surface area contributed by atoms with Crippen LogP contribution in [0.3, 0.4) is 0 Å². The third-order valence-corrected chi connectivity index (χ3v) is 5.95. The van der Waals surface area contributed by atoms with Crippen LogP contribution in [-0.2, 0) is 0 Å². The zero-order chi connectivity index (χ0) is 22.0. The molecule has 1 aromatic heterocycles. The molecule has 164 valence electrons. The van der Waals surface area contributed by atoms with Crippen molar-refractivity contribution < 1.29 is 18.9 Å². The number of furan rings is 1. The monoisotopic (exact) mass is 426 g/mol. The van der Waals surface area contributed by atoms with E-state index in [4.69, 9.17) is 4.42 Å². The van der Waals surface area contributed by atoms with Gasteiger partial charge in [0.1, 0.15) is 11.4 Å². The van der Waals surface area contributed by atoms with Crippen LogP contribution < -0.4 is 10.2 Å². The molecule has 4 rings (SSSR count). The van der Waals surface area contributed by atoms with Gasteiger partial charge < -0.3 is 19.5 Å². The highest BCUT2D eigenvalue weighted by Crippen LogP contribution is 2.32. The molecule has 3 heterocycles. The number of piperidine rings is 1. The van der Waals surface area contributed by atoms with Crippen molar-refractivity contribution in [3.63, 3.8) is 0 Å². The predicted molar refractivity (Wildman–Crippen MR) is 114 cm³/mol. The fourth-order valence-corrected chi connectivity index (χ4v) is 4.25. The van der Waals surface area contributed by atoms with Gasteiger partial charge in [0.15, 0.2) is 5.76 Å². The molecule has 0 atom stereocenters. The summed E-state index contributed by atoms with van der Waals surface area (Å²) < 4.78 is 5.35. The van der Waals surface area contributed by atoms with Gasteiger partial charge >= 0.3 is 0 Å². The third kappa shape index (κ3) is 4.55. The Balaban J connectivity index is 1.38. The summed E-state index contributed by atoms with van der Waals surface area (Å²) in [7, 11) is 0. The van der Waals surface area contributed by atoms with Gasteiger partial charge in [0, 0.05) is 43.9 Å². The largest absolute Gasteiger partial charge is 0.456 e. The number of rotatable bonds is 5. The van der Waals surface area contributed by atoms with Gasteiger partial charge in [-0.15, -0.1) is 0 Å². The molecule has 2 aromatic rings. The number of benzene rings is 1. The highest BCUT2D eigenvalue weighted by molar-refractivity contribution is 5.96. The van der Waals surface area contributed by atoms with Gasteiger partial charge in [-0.3, -0.25) is 19.7 Å². The number of anilines is 1. The van der Waals surface area contributed by atoms with Gasteiger partial charge in [0.2, 0.25) is 0 Å². The average molecular weight is 426 g/mol. The first-order valence-corrected chi connectivity index (χ1v) is 10.6. The molecule has 0 bridgehead atoms. The van der Waals surface area contributed by atoms with E-state index in [1.807, 2.05) is 4.90 Å². The van der Waals surface area contributed by atoms with E-state index in [0.29, 0.717) is 42.9 Å². The molecule has 0 saturated carbocycles. The lowest BCUT2D eigenvalue weighted by Crippen LogP contribution is -2.46. The molecule has 2 aliphatic heterocycles. The summed E-state index contributed by atoms with van der Waals surface area (Å²) in [5.41, 5.74) is 0.875. The normalized spacial score (nSPS) is 17.1. The molecule has 31 heavy (non-hydrogen) atoms. The number of carbonyl (C=O) groups is 2. The van der Waals surface area contributed by atoms with Crippen LogP contribution in [0.5, 0.6) is 0 Å². The van der Waals surface area contributed by atoms with E-state index in [-0.39, 0.29) is 29.3 Å². The van der Waals surface area contributed by atoms with Crippen LogP contribution in [0, 0.1) is 17.0 Å². The maximum atomic E-state index is 12.9. The standard InChI is InChI=1S/C22H26N4O5/c1-15-4-7-20(31-15)21(27)23-17-8-12-25(13-9-17)22(28)16-5-6-18(19(14-16)26(29)30)24-10-2-3-11-24/h4-7,14,17H,2-3,8-13H2,1H3,(H,23,27). The van der Waals surface area contributed by atoms with Gasteiger partial charge in [-0.1, -0.05) is 0 Å². The molecule has 0 spiro atoms. The number of hydrogen-bond acceptors (Lipinski definition) is 6. The van der Waals surface area contributed by atoms with Crippen LogP contribution in [0.25, 0.3) is 0 Å². The molecule has 2 aliphatic rings. The van der Waals surface area contributed by atoms with Crippen LogP contribution >= 0.6 is 0 Å². The molecule has 2 amide bonds. The first kappa shape index (κ1) is 20.9. The summed E-state index contributed by atoms with van der Waals surface area (Å²) in [6.07, 6.45) is 3.27. The van der Waals surface area contributed by atoms with E-state index in [2.05, 4.69) is 5.32 Å². The molecule has 9 heteroatoms. The quantitative estimate of drug-likeness (QED) is 0.581. The van der Waals surface area contributed by atoms with Gasteiger partial charge in [-0.2, -0.15) is 0 Å². The summed E-state index contributed by atoms with van der Waals surface area (Å²) in [6, 6.07) is 8.09. The van der Waals surface area contributed by atoms with Crippen molar-refractivity contribution in [3.05, 3.63) is 57.5 Å². The lowest BCUT2D eigenvalue weighted by atomic mass is 10.0. The molecule has 9 nitrogen and oxygen atoms in total. The lowest BCUT2D eigenvalue weighted by Gasteiger charge is -2.32. The van der Waals surface area contributed by atoms with Crippen LogP contribution in [0.15, 0.2) is 34.7 Å². The van der Waals surface area contributed by atoms with Crippen molar-refractivity contribution in [1.82, 2.24) is 10.2 Å². The molecule has 0 unspecified atom stereocenters. The smallest absolute Gasteiger partial charge is 0.293 e. The summed E-state index contributed by atoms with van der Waals surface area (Å²) in [5, 5.41) is 14.5. The Labute approximate surface area is 180 Å². The maximum Gasteiger partial charge on any atom is 0.293 e. The molecular weight excluding hydrogens is 400 g/mol. The Morgan fingerprint density at radius 2 is 1.81 bits per heavy atom. The number of hydrogen-bond donors (Lipinski definition) is 1. The molecule has 0 radical (unpaired) electrons. The van der Waals surface area contributed by atoms with Crippen molar-refractivity contribution in [2.24, 2.45) is 0 Å². The molecule has 1 N–H and O–H groups in total. The second kappa shape index (κ2) is 8.79. The molecule has 0 aliphatic carbocycles. The van der Waals surface area contributed by atoms with Crippen molar-refractivity contribution in [3.8, 4) is 0 Å². The van der Waals surface area contributed by atoms with Crippen molar-refractivity contribution in [1.29, 1.82) is 0 Å². The fraction of sp³-hybridized carbons (Fsp3) is 0.455. The first-order chi connectivity index (χ1) is 14.9.